The van der Waals surface area contributed by atoms with Crippen molar-refractivity contribution >= 4 is 39.8 Å². The first-order valence-electron chi connectivity index (χ1n) is 20.8. The molecule has 1 aromatic rings. The maximum Gasteiger partial charge on any atom is 0.241 e. The molecule has 0 saturated carbocycles. The molecule has 1 aromatic carbocycles. The molecule has 16 N–H and O–H groups in total. The molecule has 2 amide bonds. The molecule has 27 heteroatoms. The zero-order valence-corrected chi connectivity index (χ0v) is 37.0. The number of anilines is 1. The first-order valence-corrected chi connectivity index (χ1v) is 22.3. The van der Waals surface area contributed by atoms with Crippen LogP contribution < -0.4 is 37.9 Å². The molecule has 0 radical (unpaired) electrons. The number of aliphatic hydroxyl groups is 6. The van der Waals surface area contributed by atoms with Gasteiger partial charge in [-0.1, -0.05) is 0 Å². The average Bonchev–Trinajstić information content (AvgIpc) is 3.27. The predicted octanol–water partition coefficient (Wildman–Crippen LogP) is -6.24. The van der Waals surface area contributed by atoms with Crippen LogP contribution in [0.1, 0.15) is 32.6 Å². The first-order chi connectivity index (χ1) is 30.9. The Morgan fingerprint density at radius 3 is 1.88 bits per heavy atom. The molecule has 0 spiro atoms. The summed E-state index contributed by atoms with van der Waals surface area (Å²) in [5, 5.41) is 73.1. The molecule has 65 heavy (non-hydrogen) atoms. The van der Waals surface area contributed by atoms with E-state index in [1.807, 2.05) is 0 Å². The molecule has 3 heterocycles. The van der Waals surface area contributed by atoms with Crippen molar-refractivity contribution in [2.45, 2.75) is 135 Å². The van der Waals surface area contributed by atoms with Gasteiger partial charge >= 0.3 is 0 Å². The van der Waals surface area contributed by atoms with Gasteiger partial charge in [0.05, 0.1) is 36.8 Å². The Morgan fingerprint density at radius 1 is 0.815 bits per heavy atom. The molecule has 3 aliphatic heterocycles. The number of nitrogens with one attached hydrogen (secondary N) is 4. The van der Waals surface area contributed by atoms with E-state index in [2.05, 4.69) is 25.7 Å². The molecule has 0 bridgehead atoms. The summed E-state index contributed by atoms with van der Waals surface area (Å²) >= 11 is 0. The van der Waals surface area contributed by atoms with Gasteiger partial charge in [0.2, 0.25) is 21.8 Å². The summed E-state index contributed by atoms with van der Waals surface area (Å²) < 4.78 is 68.5. The summed E-state index contributed by atoms with van der Waals surface area (Å²) in [6.45, 7) is -0.590. The minimum Gasteiger partial charge on any atom is -0.394 e. The summed E-state index contributed by atoms with van der Waals surface area (Å²) in [6.07, 6.45) is -16.2. The summed E-state index contributed by atoms with van der Waals surface area (Å²) in [6, 6.07) is 0.579. The number of nitrogens with two attached hydrogens (primary N) is 3. The highest BCUT2D eigenvalue weighted by molar-refractivity contribution is 7.89. The Labute approximate surface area is 375 Å². The minimum atomic E-state index is -4.07. The van der Waals surface area contributed by atoms with Gasteiger partial charge in [0, 0.05) is 46.3 Å². The number of benzene rings is 1. The summed E-state index contributed by atoms with van der Waals surface area (Å²) in [4.78, 5) is 41.0. The van der Waals surface area contributed by atoms with Crippen LogP contribution in [0.25, 0.3) is 0 Å². The van der Waals surface area contributed by atoms with Crippen molar-refractivity contribution in [2.75, 3.05) is 52.4 Å². The minimum absolute atomic E-state index is 0.100. The maximum absolute atomic E-state index is 13.6. The number of aliphatic imine (C=N–C) groups is 1. The summed E-state index contributed by atoms with van der Waals surface area (Å²) in [5.74, 6) is -1.37. The third-order valence-corrected chi connectivity index (χ3v) is 12.4. The molecule has 4 rings (SSSR count). The predicted molar refractivity (Wildman–Crippen MR) is 225 cm³/mol. The number of aliphatic hydroxyl groups excluding tert-OH is 6. The second kappa shape index (κ2) is 25.4. The lowest BCUT2D eigenvalue weighted by molar-refractivity contribution is -0.352. The Bertz CT molecular complexity index is 1800. The van der Waals surface area contributed by atoms with E-state index in [9.17, 15) is 53.4 Å². The van der Waals surface area contributed by atoms with E-state index in [0.29, 0.717) is 18.4 Å². The SMILES string of the molecule is CO[C@@H]1OC(CO)[C@@H](O[C@@H]2OC(CO)[C@@H](O[C@@H]3OC(CO)[C@@H](OC)[C@H](O)C3NC(C)=O)[C@H](O)C2NC(=O)CCCNc2ccc(S(=O)(=O)N[C@@H](C=O)CCCN=C(N)N)cc2)[C@H](O)C1N. The third-order valence-electron chi connectivity index (χ3n) is 10.9. The largest absolute Gasteiger partial charge is 0.394 e. The van der Waals surface area contributed by atoms with Crippen LogP contribution in [0.4, 0.5) is 5.69 Å². The number of aldehydes is 1. The molecular weight excluding hydrogens is 889 g/mol. The van der Waals surface area contributed by atoms with E-state index in [-0.39, 0.29) is 43.2 Å². The normalized spacial score (nSPS) is 33.4. The second-order valence-corrected chi connectivity index (χ2v) is 17.3. The molecule has 0 aromatic heterocycles. The average molecular weight is 953 g/mol. The van der Waals surface area contributed by atoms with Crippen LogP contribution in [0.3, 0.4) is 0 Å². The van der Waals surface area contributed by atoms with Crippen LogP contribution in [0, 0.1) is 0 Å². The van der Waals surface area contributed by atoms with Gasteiger partial charge in [-0.15, -0.1) is 0 Å². The lowest BCUT2D eigenvalue weighted by atomic mass is 9.93. The molecule has 26 nitrogen and oxygen atoms in total. The van der Waals surface area contributed by atoms with E-state index in [0.717, 1.165) is 0 Å². The topological polar surface area (TPSA) is 410 Å². The van der Waals surface area contributed by atoms with Crippen LogP contribution in [-0.4, -0.2) is 208 Å². The van der Waals surface area contributed by atoms with E-state index in [4.69, 9.17) is 50.4 Å². The number of hydrogen-bond acceptors (Lipinski definition) is 21. The molecule has 3 saturated heterocycles. The van der Waals surface area contributed by atoms with Crippen LogP contribution in [0.2, 0.25) is 0 Å². The number of carbonyl (C=O) groups is 3. The Balaban J connectivity index is 1.47. The number of sulfonamides is 1. The first kappa shape index (κ1) is 53.9. The van der Waals surface area contributed by atoms with Crippen LogP contribution >= 0.6 is 0 Å². The number of methoxy groups -OCH3 is 2. The molecule has 16 atom stereocenters. The fourth-order valence-corrected chi connectivity index (χ4v) is 8.78. The number of carbonyl (C=O) groups excluding carboxylic acids is 3. The lowest BCUT2D eigenvalue weighted by Gasteiger charge is -2.50. The van der Waals surface area contributed by atoms with Crippen molar-refractivity contribution in [1.82, 2.24) is 15.4 Å². The highest BCUT2D eigenvalue weighted by Crippen LogP contribution is 2.33. The number of amides is 2. The van der Waals surface area contributed by atoms with E-state index in [1.54, 1.807) is 0 Å². The van der Waals surface area contributed by atoms with Crippen molar-refractivity contribution in [1.29, 1.82) is 0 Å². The van der Waals surface area contributed by atoms with Gasteiger partial charge in [0.25, 0.3) is 0 Å². The number of rotatable bonds is 24. The van der Waals surface area contributed by atoms with E-state index >= 15 is 0 Å². The van der Waals surface area contributed by atoms with Gasteiger partial charge < -0.3 is 102 Å². The standard InChI is InChI=1S/C38H64N8O18S/c1-18(51)44-27-30(54)32(58-2)22(15-48)61-36(27)64-34-24(17-50)62-37(63-33-23(16-49)60-35(59-3)26(39)29(33)53)28(31(34)55)45-25(52)7-5-12-42-19-8-10-21(11-9-19)65(56,57)46-20(14-47)6-4-13-43-38(40)41/h8-11,14,20,22-24,26-37,42,46,48-50,53-55H,4-7,12-13,15-17,39H2,1-3H3,(H,44,51)(H,45,52)(H4,40,41,43)/t20-,22?,23?,24?,26?,27?,28?,29-,30-,31-,32-,33-,34-,35-,36+,37+/m1/s1. The highest BCUT2D eigenvalue weighted by atomic mass is 32.2. The van der Waals surface area contributed by atoms with Crippen molar-refractivity contribution in [3.63, 3.8) is 0 Å². The maximum atomic E-state index is 13.6. The van der Waals surface area contributed by atoms with E-state index < -0.39 is 140 Å². The van der Waals surface area contributed by atoms with Gasteiger partial charge in [-0.3, -0.25) is 14.6 Å². The fraction of sp³-hybridized carbons (Fsp3) is 0.737. The molecule has 6 unspecified atom stereocenters. The van der Waals surface area contributed by atoms with Crippen molar-refractivity contribution < 1.29 is 86.6 Å². The molecule has 3 aliphatic rings. The summed E-state index contributed by atoms with van der Waals surface area (Å²) in [5.41, 5.74) is 17.2. The van der Waals surface area contributed by atoms with Gasteiger partial charge in [-0.25, -0.2) is 13.1 Å². The fourth-order valence-electron chi connectivity index (χ4n) is 7.58. The Morgan fingerprint density at radius 2 is 1.35 bits per heavy atom. The van der Waals surface area contributed by atoms with Gasteiger partial charge in [-0.2, -0.15) is 0 Å². The molecule has 0 aliphatic carbocycles. The van der Waals surface area contributed by atoms with Gasteiger partial charge in [0.1, 0.15) is 73.3 Å². The smallest absolute Gasteiger partial charge is 0.241 e. The quantitative estimate of drug-likeness (QED) is 0.0198. The van der Waals surface area contributed by atoms with Crippen LogP contribution in [0.15, 0.2) is 34.2 Å². The van der Waals surface area contributed by atoms with E-state index in [1.165, 1.54) is 45.4 Å². The number of guanidine groups is 1. The Hall–Kier alpha value is -3.75. The number of hydrogen-bond donors (Lipinski definition) is 13. The molecule has 3 fully saturated rings. The number of ether oxygens (including phenoxy) is 7. The summed E-state index contributed by atoms with van der Waals surface area (Å²) in [7, 11) is -1.53. The Kier molecular flexibility index (Phi) is 21.0. The second-order valence-electron chi connectivity index (χ2n) is 15.6. The highest BCUT2D eigenvalue weighted by Gasteiger charge is 2.54. The third kappa shape index (κ3) is 14.4. The monoisotopic (exact) mass is 952 g/mol. The molecule has 370 valence electrons. The van der Waals surface area contributed by atoms with Crippen molar-refractivity contribution in [3.05, 3.63) is 24.3 Å². The van der Waals surface area contributed by atoms with Crippen molar-refractivity contribution in [2.24, 2.45) is 22.2 Å². The number of nitrogens with zero attached hydrogens (tertiary/aromatic N) is 1. The van der Waals surface area contributed by atoms with Crippen molar-refractivity contribution in [3.8, 4) is 0 Å². The van der Waals surface area contributed by atoms with Crippen LogP contribution in [0.5, 0.6) is 0 Å². The lowest BCUT2D eigenvalue weighted by Crippen LogP contribution is -2.70. The zero-order valence-electron chi connectivity index (χ0n) is 36.2. The molecular formula is C38H64N8O18S. The zero-order chi connectivity index (χ0) is 48.0. The van der Waals surface area contributed by atoms with Gasteiger partial charge in [-0.05, 0) is 43.5 Å². The van der Waals surface area contributed by atoms with Gasteiger partial charge in [0.15, 0.2) is 24.8 Å². The van der Waals surface area contributed by atoms with Crippen LogP contribution in [-0.2, 0) is 57.6 Å².